The van der Waals surface area contributed by atoms with Gasteiger partial charge in [-0.2, -0.15) is 8.78 Å². The summed E-state index contributed by atoms with van der Waals surface area (Å²) in [5, 5.41) is 7.31. The normalized spacial score (nSPS) is 11.2. The third kappa shape index (κ3) is 3.14. The molecule has 3 aromatic rings. The molecule has 0 aliphatic heterocycles. The zero-order valence-electron chi connectivity index (χ0n) is 12.6. The summed E-state index contributed by atoms with van der Waals surface area (Å²) in [5.74, 6) is -3.62. The summed E-state index contributed by atoms with van der Waals surface area (Å²) in [4.78, 5) is 3.61. The van der Waals surface area contributed by atoms with Crippen LogP contribution in [0.3, 0.4) is 0 Å². The van der Waals surface area contributed by atoms with E-state index in [0.717, 1.165) is 28.8 Å². The van der Waals surface area contributed by atoms with Crippen molar-refractivity contribution in [3.63, 3.8) is 0 Å². The van der Waals surface area contributed by atoms with Gasteiger partial charge >= 0.3 is 6.61 Å². The fourth-order valence-corrected chi connectivity index (χ4v) is 2.20. The van der Waals surface area contributed by atoms with Gasteiger partial charge in [-0.15, -0.1) is 10.2 Å². The molecule has 2 heterocycles. The maximum absolute atomic E-state index is 14.0. The largest absolute Gasteiger partial charge is 0.417 e. The van der Waals surface area contributed by atoms with Crippen LogP contribution >= 0.6 is 0 Å². The second-order valence-corrected chi connectivity index (χ2v) is 4.86. The van der Waals surface area contributed by atoms with Gasteiger partial charge in [-0.1, -0.05) is 6.07 Å². The molecule has 0 N–H and O–H groups in total. The molecule has 0 atom stereocenters. The predicted molar refractivity (Wildman–Crippen MR) is 76.2 cm³/mol. The molecule has 0 spiro atoms. The topological polar surface area (TPSA) is 52.8 Å². The number of rotatable bonds is 4. The molecule has 0 unspecified atom stereocenters. The van der Waals surface area contributed by atoms with Gasteiger partial charge in [0.15, 0.2) is 17.5 Å². The zero-order chi connectivity index (χ0) is 18.1. The Morgan fingerprint density at radius 2 is 1.56 bits per heavy atom. The average molecular weight is 356 g/mol. The lowest BCUT2D eigenvalue weighted by atomic mass is 10.2. The van der Waals surface area contributed by atoms with E-state index in [0.29, 0.717) is 0 Å². The number of halogens is 5. The fraction of sp³-hybridized carbons (Fsp3) is 0.133. The van der Waals surface area contributed by atoms with Crippen molar-refractivity contribution in [1.29, 1.82) is 0 Å². The number of hydrogen-bond donors (Lipinski definition) is 0. The molecule has 0 aliphatic carbocycles. The highest BCUT2D eigenvalue weighted by Gasteiger charge is 2.22. The molecule has 10 heteroatoms. The Bertz CT molecular complexity index is 908. The number of aromatic nitrogens is 4. The quantitative estimate of drug-likeness (QED) is 0.671. The molecule has 0 saturated carbocycles. The zero-order valence-corrected chi connectivity index (χ0v) is 12.6. The lowest BCUT2D eigenvalue weighted by molar-refractivity contribution is -0.0528. The van der Waals surface area contributed by atoms with E-state index in [4.69, 9.17) is 0 Å². The van der Waals surface area contributed by atoms with Crippen LogP contribution in [-0.2, 0) is 7.05 Å². The first-order valence-electron chi connectivity index (χ1n) is 6.84. The molecular weight excluding hydrogens is 347 g/mol. The Morgan fingerprint density at radius 1 is 0.920 bits per heavy atom. The van der Waals surface area contributed by atoms with Gasteiger partial charge in [-0.25, -0.2) is 18.2 Å². The van der Waals surface area contributed by atoms with Crippen LogP contribution < -0.4 is 4.74 Å². The minimum atomic E-state index is -3.15. The van der Waals surface area contributed by atoms with Crippen LogP contribution in [0.1, 0.15) is 0 Å². The van der Waals surface area contributed by atoms with Crippen LogP contribution in [0.4, 0.5) is 22.0 Å². The van der Waals surface area contributed by atoms with E-state index in [2.05, 4.69) is 19.9 Å². The maximum atomic E-state index is 14.0. The van der Waals surface area contributed by atoms with Crippen molar-refractivity contribution >= 4 is 0 Å². The highest BCUT2D eigenvalue weighted by Crippen LogP contribution is 2.28. The molecule has 1 aromatic carbocycles. The van der Waals surface area contributed by atoms with E-state index in [1.165, 1.54) is 13.1 Å². The molecule has 2 aromatic heterocycles. The van der Waals surface area contributed by atoms with Crippen LogP contribution in [0, 0.1) is 17.5 Å². The Morgan fingerprint density at radius 3 is 2.20 bits per heavy atom. The second-order valence-electron chi connectivity index (χ2n) is 4.86. The van der Waals surface area contributed by atoms with Crippen LogP contribution in [-0.4, -0.2) is 26.4 Å². The standard InChI is InChI=1S/C15H9F5N4O/c1-24-13(11-7(16)3-2-4-8(11)17)22-23-14(24)12-9(18)5-6-10(21-12)25-15(19)20/h2-6,15H,1H3. The van der Waals surface area contributed by atoms with Gasteiger partial charge in [0.25, 0.3) is 0 Å². The smallest absolute Gasteiger partial charge is 0.388 e. The highest BCUT2D eigenvalue weighted by molar-refractivity contribution is 5.62. The molecule has 0 saturated heterocycles. The van der Waals surface area contributed by atoms with Crippen molar-refractivity contribution in [3.05, 3.63) is 47.8 Å². The summed E-state index contributed by atoms with van der Waals surface area (Å²) in [6.07, 6.45) is 0. The van der Waals surface area contributed by atoms with Crippen molar-refractivity contribution in [2.45, 2.75) is 6.61 Å². The summed E-state index contributed by atoms with van der Waals surface area (Å²) in [5.41, 5.74) is -0.903. The van der Waals surface area contributed by atoms with Gasteiger partial charge in [0, 0.05) is 13.1 Å². The van der Waals surface area contributed by atoms with Gasteiger partial charge in [-0.3, -0.25) is 0 Å². The highest BCUT2D eigenvalue weighted by atomic mass is 19.3. The van der Waals surface area contributed by atoms with Crippen molar-refractivity contribution in [1.82, 2.24) is 19.7 Å². The summed E-state index contributed by atoms with van der Waals surface area (Å²) >= 11 is 0. The van der Waals surface area contributed by atoms with Crippen molar-refractivity contribution < 1.29 is 26.7 Å². The summed E-state index contributed by atoms with van der Waals surface area (Å²) in [7, 11) is 1.33. The third-order valence-corrected chi connectivity index (χ3v) is 3.30. The number of nitrogens with zero attached hydrogens (tertiary/aromatic N) is 4. The molecule has 0 fully saturated rings. The number of benzene rings is 1. The number of pyridine rings is 1. The molecule has 3 rings (SSSR count). The first-order chi connectivity index (χ1) is 11.9. The summed E-state index contributed by atoms with van der Waals surface area (Å²) < 4.78 is 71.6. The van der Waals surface area contributed by atoms with Crippen molar-refractivity contribution in [2.24, 2.45) is 7.05 Å². The molecule has 5 nitrogen and oxygen atoms in total. The van der Waals surface area contributed by atoms with Crippen molar-refractivity contribution in [3.8, 4) is 28.8 Å². The van der Waals surface area contributed by atoms with Crippen LogP contribution in [0.5, 0.6) is 5.88 Å². The van der Waals surface area contributed by atoms with Gasteiger partial charge in [0.1, 0.15) is 17.3 Å². The molecule has 0 bridgehead atoms. The van der Waals surface area contributed by atoms with Gasteiger partial charge in [-0.05, 0) is 18.2 Å². The fourth-order valence-electron chi connectivity index (χ4n) is 2.20. The van der Waals surface area contributed by atoms with Crippen LogP contribution in [0.15, 0.2) is 30.3 Å². The second kappa shape index (κ2) is 6.46. The first kappa shape index (κ1) is 16.8. The molecule has 25 heavy (non-hydrogen) atoms. The van der Waals surface area contributed by atoms with Gasteiger partial charge in [0.2, 0.25) is 5.88 Å². The van der Waals surface area contributed by atoms with E-state index in [1.807, 2.05) is 0 Å². The minimum Gasteiger partial charge on any atom is -0.417 e. The Balaban J connectivity index is 2.11. The molecular formula is C15H9F5N4O. The van der Waals surface area contributed by atoms with E-state index in [-0.39, 0.29) is 11.6 Å². The molecule has 0 aliphatic rings. The maximum Gasteiger partial charge on any atom is 0.388 e. The lowest BCUT2D eigenvalue weighted by Crippen LogP contribution is -2.06. The third-order valence-electron chi connectivity index (χ3n) is 3.30. The van der Waals surface area contributed by atoms with Crippen LogP contribution in [0.2, 0.25) is 0 Å². The van der Waals surface area contributed by atoms with E-state index in [1.54, 1.807) is 0 Å². The number of alkyl halides is 2. The summed E-state index contributed by atoms with van der Waals surface area (Å²) in [6, 6.07) is 5.01. The summed E-state index contributed by atoms with van der Waals surface area (Å²) in [6.45, 7) is -3.15. The van der Waals surface area contributed by atoms with Gasteiger partial charge in [0.05, 0.1) is 5.56 Å². The Hall–Kier alpha value is -3.04. The first-order valence-corrected chi connectivity index (χ1v) is 6.84. The van der Waals surface area contributed by atoms with E-state index in [9.17, 15) is 22.0 Å². The van der Waals surface area contributed by atoms with Crippen molar-refractivity contribution in [2.75, 3.05) is 0 Å². The molecule has 130 valence electrons. The van der Waals surface area contributed by atoms with E-state index >= 15 is 0 Å². The Kier molecular flexibility index (Phi) is 4.34. The predicted octanol–water partition coefficient (Wildman–Crippen LogP) is 3.56. The number of ether oxygens (including phenoxy) is 1. The SMILES string of the molecule is Cn1c(-c2nc(OC(F)F)ccc2F)nnc1-c1c(F)cccc1F. The molecule has 0 radical (unpaired) electrons. The lowest BCUT2D eigenvalue weighted by Gasteiger charge is -2.08. The minimum absolute atomic E-state index is 0.213. The van der Waals surface area contributed by atoms with Crippen LogP contribution in [0.25, 0.3) is 22.9 Å². The Labute approximate surface area is 137 Å². The molecule has 0 amide bonds. The monoisotopic (exact) mass is 356 g/mol. The average Bonchev–Trinajstić information content (AvgIpc) is 2.90. The number of hydrogen-bond acceptors (Lipinski definition) is 4. The van der Waals surface area contributed by atoms with Gasteiger partial charge < -0.3 is 9.30 Å². The van der Waals surface area contributed by atoms with E-state index < -0.39 is 41.2 Å².